The highest BCUT2D eigenvalue weighted by Crippen LogP contribution is 2.32. The number of amides is 1. The maximum Gasteiger partial charge on any atom is 0.337 e. The van der Waals surface area contributed by atoms with E-state index >= 15 is 0 Å². The van der Waals surface area contributed by atoms with Crippen molar-refractivity contribution < 1.29 is 28.6 Å². The van der Waals surface area contributed by atoms with Gasteiger partial charge in [-0.1, -0.05) is 24.3 Å². The molecular weight excluding hydrogens is 422 g/mol. The first kappa shape index (κ1) is 22.6. The number of benzene rings is 2. The van der Waals surface area contributed by atoms with Crippen molar-refractivity contribution >= 4 is 17.7 Å². The molecule has 7 nitrogen and oxygen atoms in total. The van der Waals surface area contributed by atoms with Crippen molar-refractivity contribution in [2.75, 3.05) is 20.4 Å². The van der Waals surface area contributed by atoms with Crippen LogP contribution in [0.5, 0.6) is 11.5 Å². The third-order valence-electron chi connectivity index (χ3n) is 5.93. The molecule has 1 fully saturated rings. The van der Waals surface area contributed by atoms with Crippen LogP contribution < -0.4 is 9.47 Å². The Morgan fingerprint density at radius 2 is 1.85 bits per heavy atom. The number of ether oxygens (including phenoxy) is 3. The van der Waals surface area contributed by atoms with Crippen LogP contribution >= 0.6 is 0 Å². The lowest BCUT2D eigenvalue weighted by atomic mass is 10.1. The minimum atomic E-state index is -0.355. The fraction of sp³-hybridized carbons (Fsp3) is 0.346. The van der Waals surface area contributed by atoms with Crippen LogP contribution in [0.2, 0.25) is 0 Å². The normalized spacial score (nSPS) is 17.1. The molecule has 2 aromatic carbocycles. The van der Waals surface area contributed by atoms with Gasteiger partial charge >= 0.3 is 5.97 Å². The molecule has 33 heavy (non-hydrogen) atoms. The lowest BCUT2D eigenvalue weighted by Gasteiger charge is -2.22. The molecule has 172 valence electrons. The van der Waals surface area contributed by atoms with Crippen molar-refractivity contribution in [1.82, 2.24) is 4.90 Å². The van der Waals surface area contributed by atoms with E-state index in [0.717, 1.165) is 30.4 Å². The molecule has 0 saturated carbocycles. The van der Waals surface area contributed by atoms with Crippen LogP contribution in [0.15, 0.2) is 54.6 Å². The molecule has 0 aliphatic carbocycles. The molecule has 2 aliphatic rings. The summed E-state index contributed by atoms with van der Waals surface area (Å²) in [5, 5.41) is 0. The smallest absolute Gasteiger partial charge is 0.337 e. The number of likely N-dealkylation sites (tertiary alicyclic amines) is 1. The van der Waals surface area contributed by atoms with Gasteiger partial charge in [0.1, 0.15) is 0 Å². The van der Waals surface area contributed by atoms with Gasteiger partial charge in [-0.15, -0.1) is 0 Å². The number of esters is 1. The first-order valence-electron chi connectivity index (χ1n) is 11.1. The summed E-state index contributed by atoms with van der Waals surface area (Å²) in [5.41, 5.74) is 2.48. The summed E-state index contributed by atoms with van der Waals surface area (Å²) in [7, 11) is 1.36. The molecule has 0 radical (unpaired) electrons. The number of carbonyl (C=O) groups is 3. The van der Waals surface area contributed by atoms with Gasteiger partial charge in [0, 0.05) is 19.4 Å². The molecule has 2 aromatic rings. The highest BCUT2D eigenvalue weighted by molar-refractivity contribution is 5.92. The summed E-state index contributed by atoms with van der Waals surface area (Å²) < 4.78 is 15.4. The monoisotopic (exact) mass is 449 g/mol. The van der Waals surface area contributed by atoms with E-state index in [2.05, 4.69) is 0 Å². The average molecular weight is 450 g/mol. The lowest BCUT2D eigenvalue weighted by molar-refractivity contribution is -0.128. The van der Waals surface area contributed by atoms with Gasteiger partial charge in [0.2, 0.25) is 12.7 Å². The van der Waals surface area contributed by atoms with Crippen molar-refractivity contribution in [3.05, 3.63) is 71.3 Å². The standard InChI is InChI=1S/C26H27NO6/c1-31-26(30)20-7-4-18(5-8-20)3-2-14-27-21(10-13-25(27)29)9-11-22(28)15-19-6-12-23-24(16-19)33-17-32-23/h4-9,11-12,16,21H,2-3,10,13-15,17H2,1H3/b11-9+. The van der Waals surface area contributed by atoms with Gasteiger partial charge in [-0.25, -0.2) is 4.79 Å². The number of fused-ring (bicyclic) bond motifs is 1. The Morgan fingerprint density at radius 3 is 2.64 bits per heavy atom. The van der Waals surface area contributed by atoms with Crippen molar-refractivity contribution in [3.8, 4) is 11.5 Å². The second-order valence-electron chi connectivity index (χ2n) is 8.18. The van der Waals surface area contributed by atoms with Crippen LogP contribution in [0, 0.1) is 0 Å². The summed E-state index contributed by atoms with van der Waals surface area (Å²) in [4.78, 5) is 38.2. The van der Waals surface area contributed by atoms with Gasteiger partial charge in [0.25, 0.3) is 0 Å². The van der Waals surface area contributed by atoms with Crippen molar-refractivity contribution in [3.63, 3.8) is 0 Å². The predicted molar refractivity (Wildman–Crippen MR) is 121 cm³/mol. The lowest BCUT2D eigenvalue weighted by Crippen LogP contribution is -2.33. The second-order valence-corrected chi connectivity index (χ2v) is 8.18. The second kappa shape index (κ2) is 10.3. The Hall–Kier alpha value is -3.61. The number of methoxy groups -OCH3 is 1. The van der Waals surface area contributed by atoms with Gasteiger partial charge in [0.15, 0.2) is 17.3 Å². The van der Waals surface area contributed by atoms with Crippen molar-refractivity contribution in [2.24, 2.45) is 0 Å². The summed E-state index contributed by atoms with van der Waals surface area (Å²) in [5.74, 6) is 1.11. The predicted octanol–water partition coefficient (Wildman–Crippen LogP) is 3.49. The molecule has 2 heterocycles. The molecular formula is C26H27NO6. The minimum absolute atomic E-state index is 0.0149. The highest BCUT2D eigenvalue weighted by Gasteiger charge is 2.28. The zero-order valence-corrected chi connectivity index (χ0v) is 18.6. The molecule has 7 heteroatoms. The minimum Gasteiger partial charge on any atom is -0.465 e. The van der Waals surface area contributed by atoms with Gasteiger partial charge in [-0.3, -0.25) is 9.59 Å². The van der Waals surface area contributed by atoms with E-state index in [4.69, 9.17) is 14.2 Å². The number of aryl methyl sites for hydroxylation is 1. The van der Waals surface area contributed by atoms with Crippen LogP contribution in [0.25, 0.3) is 0 Å². The molecule has 1 amide bonds. The fourth-order valence-corrected chi connectivity index (χ4v) is 4.15. The summed E-state index contributed by atoms with van der Waals surface area (Å²) in [6, 6.07) is 12.8. The molecule has 1 saturated heterocycles. The van der Waals surface area contributed by atoms with Crippen LogP contribution in [0.1, 0.15) is 40.7 Å². The van der Waals surface area contributed by atoms with Gasteiger partial charge in [0.05, 0.1) is 18.7 Å². The zero-order valence-electron chi connectivity index (χ0n) is 18.6. The average Bonchev–Trinajstić information content (AvgIpc) is 3.44. The van der Waals surface area contributed by atoms with E-state index in [-0.39, 0.29) is 36.9 Å². The number of ketones is 1. The Balaban J connectivity index is 1.28. The van der Waals surface area contributed by atoms with E-state index in [1.807, 2.05) is 41.3 Å². The van der Waals surface area contributed by atoms with E-state index in [9.17, 15) is 14.4 Å². The number of hydrogen-bond donors (Lipinski definition) is 0. The zero-order chi connectivity index (χ0) is 23.2. The van der Waals surface area contributed by atoms with Gasteiger partial charge in [-0.05, 0) is 60.7 Å². The molecule has 0 aromatic heterocycles. The maximum absolute atomic E-state index is 12.5. The Morgan fingerprint density at radius 1 is 1.09 bits per heavy atom. The van der Waals surface area contributed by atoms with E-state index < -0.39 is 0 Å². The van der Waals surface area contributed by atoms with Crippen molar-refractivity contribution in [2.45, 2.75) is 38.1 Å². The summed E-state index contributed by atoms with van der Waals surface area (Å²) >= 11 is 0. The van der Waals surface area contributed by atoms with Crippen LogP contribution in [0.4, 0.5) is 0 Å². The molecule has 4 rings (SSSR count). The van der Waals surface area contributed by atoms with E-state index in [1.165, 1.54) is 7.11 Å². The Bertz CT molecular complexity index is 1060. The Labute approximate surface area is 192 Å². The summed E-state index contributed by atoms with van der Waals surface area (Å²) in [6.07, 6.45) is 6.54. The van der Waals surface area contributed by atoms with E-state index in [1.54, 1.807) is 18.2 Å². The summed E-state index contributed by atoms with van der Waals surface area (Å²) in [6.45, 7) is 0.833. The first-order valence-corrected chi connectivity index (χ1v) is 11.1. The largest absolute Gasteiger partial charge is 0.465 e. The van der Waals surface area contributed by atoms with Crippen molar-refractivity contribution in [1.29, 1.82) is 0 Å². The third kappa shape index (κ3) is 5.61. The number of nitrogens with zero attached hydrogens (tertiary/aromatic N) is 1. The number of rotatable bonds is 9. The van der Waals surface area contributed by atoms with Crippen LogP contribution in [-0.2, 0) is 27.2 Å². The number of carbonyl (C=O) groups excluding carboxylic acids is 3. The SMILES string of the molecule is COC(=O)c1ccc(CCCN2C(=O)CCC2/C=C/C(=O)Cc2ccc3c(c2)OCO3)cc1. The fourth-order valence-electron chi connectivity index (χ4n) is 4.15. The highest BCUT2D eigenvalue weighted by atomic mass is 16.7. The number of hydrogen-bond acceptors (Lipinski definition) is 6. The van der Waals surface area contributed by atoms with Gasteiger partial charge in [-0.2, -0.15) is 0 Å². The molecule has 1 atom stereocenters. The van der Waals surface area contributed by atoms with Gasteiger partial charge < -0.3 is 19.1 Å². The first-order chi connectivity index (χ1) is 16.0. The van der Waals surface area contributed by atoms with Crippen LogP contribution in [0.3, 0.4) is 0 Å². The molecule has 0 N–H and O–H groups in total. The number of allylic oxidation sites excluding steroid dienone is 1. The molecule has 0 spiro atoms. The maximum atomic E-state index is 12.5. The molecule has 0 bridgehead atoms. The molecule has 2 aliphatic heterocycles. The van der Waals surface area contributed by atoms with Crippen LogP contribution in [-0.4, -0.2) is 49.0 Å². The quantitative estimate of drug-likeness (QED) is 0.431. The third-order valence-corrected chi connectivity index (χ3v) is 5.93. The Kier molecular flexibility index (Phi) is 7.07. The molecule has 1 unspecified atom stereocenters. The van der Waals surface area contributed by atoms with E-state index in [0.29, 0.717) is 30.0 Å². The topological polar surface area (TPSA) is 82.1 Å².